The third-order valence-corrected chi connectivity index (χ3v) is 12.0. The first-order valence-corrected chi connectivity index (χ1v) is 9.55. The van der Waals surface area contributed by atoms with Crippen LogP contribution in [0.2, 0.25) is 0 Å². The summed E-state index contributed by atoms with van der Waals surface area (Å²) < 4.78 is 0. The van der Waals surface area contributed by atoms with Crippen LogP contribution < -0.4 is 0 Å². The van der Waals surface area contributed by atoms with Gasteiger partial charge in [-0.25, -0.2) is 0 Å². The summed E-state index contributed by atoms with van der Waals surface area (Å²) in [4.78, 5) is 0.904. The Morgan fingerprint density at radius 1 is 0.857 bits per heavy atom. The summed E-state index contributed by atoms with van der Waals surface area (Å²) in [6.07, 6.45) is 9.19. The second kappa shape index (κ2) is 4.28. The lowest BCUT2D eigenvalue weighted by Crippen LogP contribution is -2.04. The Kier molecular flexibility index (Phi) is 3.41. The summed E-state index contributed by atoms with van der Waals surface area (Å²) in [5, 5.41) is 0. The second-order valence-electron chi connectivity index (χ2n) is 3.82. The van der Waals surface area contributed by atoms with Crippen molar-refractivity contribution in [3.05, 3.63) is 24.3 Å². The number of allylic oxidation sites excluding steroid dienone is 4. The monoisotopic (exact) mass is 258 g/mol. The first-order valence-electron chi connectivity index (χ1n) is 4.62. The Hall–Kier alpha value is 0.680. The van der Waals surface area contributed by atoms with Gasteiger partial charge >= 0.3 is 0 Å². The number of hydrogen-bond donors (Lipinski definition) is 0. The molecule has 4 heteroatoms. The Bertz CT molecular complexity index is 280. The fourth-order valence-corrected chi connectivity index (χ4v) is 8.67. The molecule has 0 saturated carbocycles. The van der Waals surface area contributed by atoms with E-state index in [-0.39, 0.29) is 0 Å². The highest BCUT2D eigenvalue weighted by Gasteiger charge is 2.27. The van der Waals surface area contributed by atoms with Gasteiger partial charge in [-0.05, 0) is 25.4 Å². The second-order valence-corrected chi connectivity index (χ2v) is 11.7. The summed E-state index contributed by atoms with van der Waals surface area (Å²) in [5.41, 5.74) is 0. The van der Waals surface area contributed by atoms with Gasteiger partial charge in [0, 0.05) is 9.79 Å². The Morgan fingerprint density at radius 3 is 1.57 bits per heavy atom. The van der Waals surface area contributed by atoms with Gasteiger partial charge in [-0.15, -0.1) is 0 Å². The van der Waals surface area contributed by atoms with Crippen LogP contribution in [-0.4, -0.2) is 21.4 Å². The van der Waals surface area contributed by atoms with E-state index in [4.69, 9.17) is 0 Å². The Labute approximate surface area is 92.7 Å². The van der Waals surface area contributed by atoms with E-state index < -0.39 is 0 Å². The molecule has 0 amide bonds. The maximum atomic E-state index is 2.38. The van der Waals surface area contributed by atoms with E-state index in [2.05, 4.69) is 49.7 Å². The van der Waals surface area contributed by atoms with Gasteiger partial charge in [-0.1, -0.05) is 57.3 Å². The first kappa shape index (κ1) is 11.2. The molecule has 0 saturated heterocycles. The molecule has 0 aromatic heterocycles. The van der Waals surface area contributed by atoms with Crippen molar-refractivity contribution >= 4 is 44.5 Å². The highest BCUT2D eigenvalue weighted by atomic mass is 32.0. The molecule has 4 unspecified atom stereocenters. The zero-order valence-corrected chi connectivity index (χ0v) is 12.1. The van der Waals surface area contributed by atoms with Gasteiger partial charge < -0.3 is 0 Å². The van der Waals surface area contributed by atoms with Crippen LogP contribution in [0.15, 0.2) is 24.3 Å². The van der Waals surface area contributed by atoms with Gasteiger partial charge in [0.2, 0.25) is 0 Å². The average molecular weight is 258 g/mol. The molecule has 2 heterocycles. The predicted octanol–water partition coefficient (Wildman–Crippen LogP) is 4.33. The third-order valence-electron chi connectivity index (χ3n) is 2.27. The fourth-order valence-electron chi connectivity index (χ4n) is 1.34. The Morgan fingerprint density at radius 2 is 1.29 bits per heavy atom. The predicted molar refractivity (Wildman–Crippen MR) is 77.7 cm³/mol. The van der Waals surface area contributed by atoms with E-state index in [1.807, 2.05) is 0 Å². The van der Waals surface area contributed by atoms with Crippen molar-refractivity contribution in [2.45, 2.75) is 23.6 Å². The first-order chi connectivity index (χ1) is 6.62. The molecule has 74 valence electrons. The fraction of sp³-hybridized carbons (Fsp3) is 0.400. The van der Waals surface area contributed by atoms with E-state index in [0.717, 1.165) is 16.5 Å². The van der Waals surface area contributed by atoms with Crippen LogP contribution in [0, 0.1) is 0 Å². The summed E-state index contributed by atoms with van der Waals surface area (Å²) in [6, 6.07) is 0. The van der Waals surface area contributed by atoms with E-state index >= 15 is 0 Å². The van der Waals surface area contributed by atoms with Crippen LogP contribution in [0.25, 0.3) is 0 Å². The zero-order valence-electron chi connectivity index (χ0n) is 8.36. The van der Waals surface area contributed by atoms with Gasteiger partial charge in [-0.3, -0.25) is 0 Å². The summed E-state index contributed by atoms with van der Waals surface area (Å²) >= 11 is 0. The maximum absolute atomic E-state index is 2.38. The summed E-state index contributed by atoms with van der Waals surface area (Å²) in [6.45, 7) is 4.76. The summed E-state index contributed by atoms with van der Waals surface area (Å²) in [5.74, 6) is 4.54. The van der Waals surface area contributed by atoms with Crippen molar-refractivity contribution in [1.82, 2.24) is 0 Å². The molecule has 0 radical (unpaired) electrons. The molecule has 0 bridgehead atoms. The van der Waals surface area contributed by atoms with Gasteiger partial charge in [-0.2, -0.15) is 0 Å². The largest absolute Gasteiger partial charge is 0.0889 e. The molecule has 0 aliphatic carbocycles. The van der Waals surface area contributed by atoms with Crippen molar-refractivity contribution in [2.24, 2.45) is 0 Å². The van der Waals surface area contributed by atoms with Crippen LogP contribution in [0.4, 0.5) is 0 Å². The van der Waals surface area contributed by atoms with Gasteiger partial charge in [0.15, 0.2) is 0 Å². The lowest BCUT2D eigenvalue weighted by molar-refractivity contribution is 1.15. The van der Waals surface area contributed by atoms with Gasteiger partial charge in [0.25, 0.3) is 0 Å². The minimum absolute atomic E-state index is 0.452. The van der Waals surface area contributed by atoms with Crippen molar-refractivity contribution in [3.8, 4) is 0 Å². The van der Waals surface area contributed by atoms with Crippen LogP contribution in [-0.2, 0) is 0 Å². The molecule has 0 spiro atoms. The van der Waals surface area contributed by atoms with Crippen molar-refractivity contribution in [2.75, 3.05) is 0 Å². The molecular formula is C10H14P4. The van der Waals surface area contributed by atoms with Crippen LogP contribution in [0.5, 0.6) is 0 Å². The molecule has 0 N–H and O–H groups in total. The highest BCUT2D eigenvalue weighted by Crippen LogP contribution is 2.64. The van der Waals surface area contributed by atoms with Crippen LogP contribution in [0.3, 0.4) is 0 Å². The quantitative estimate of drug-likeness (QED) is 0.661. The molecule has 2 aliphatic rings. The molecule has 4 atom stereocenters. The molecular weight excluding hydrogens is 244 g/mol. The molecule has 0 nitrogen and oxygen atoms in total. The van der Waals surface area contributed by atoms with Gasteiger partial charge in [0.1, 0.15) is 0 Å². The molecule has 14 heavy (non-hydrogen) atoms. The maximum Gasteiger partial charge on any atom is 0.0482 e. The van der Waals surface area contributed by atoms with E-state index in [1.165, 1.54) is 16.4 Å². The number of hydrogen-bond acceptors (Lipinski definition) is 0. The lowest BCUT2D eigenvalue weighted by atomic mass is 10.4. The van der Waals surface area contributed by atoms with Crippen molar-refractivity contribution in [3.63, 3.8) is 0 Å². The van der Waals surface area contributed by atoms with Crippen LogP contribution >= 0.6 is 32.9 Å². The normalized spacial score (nSPS) is 42.7. The SMILES string of the molecule is CC1(PPC2(C)C=CC=P2)C=CC=P1. The molecule has 2 aliphatic heterocycles. The van der Waals surface area contributed by atoms with Gasteiger partial charge in [0.05, 0.1) is 0 Å². The molecule has 2 rings (SSSR count). The van der Waals surface area contributed by atoms with E-state index in [1.54, 1.807) is 0 Å². The lowest BCUT2D eigenvalue weighted by Gasteiger charge is -2.25. The highest BCUT2D eigenvalue weighted by molar-refractivity contribution is 8.17. The minimum Gasteiger partial charge on any atom is -0.0889 e. The van der Waals surface area contributed by atoms with E-state index in [9.17, 15) is 0 Å². The van der Waals surface area contributed by atoms with E-state index in [0.29, 0.717) is 9.79 Å². The third kappa shape index (κ3) is 2.62. The molecule has 0 aromatic rings. The number of rotatable bonds is 3. The Balaban J connectivity index is 1.94. The standard InChI is InChI=1S/C10H14P4/c1-9(5-3-7-11-9)13-14-10(2)6-4-8-12-10/h3-8,13-14H,1-2H3. The smallest absolute Gasteiger partial charge is 0.0482 e. The topological polar surface area (TPSA) is 0 Å². The zero-order chi connectivity index (χ0) is 10.1. The molecule has 0 aromatic carbocycles. The van der Waals surface area contributed by atoms with Crippen molar-refractivity contribution < 1.29 is 0 Å². The minimum atomic E-state index is 0.452. The average Bonchev–Trinajstić information content (AvgIpc) is 2.74. The molecule has 0 fully saturated rings. The van der Waals surface area contributed by atoms with Crippen molar-refractivity contribution in [1.29, 1.82) is 0 Å². The summed E-state index contributed by atoms with van der Waals surface area (Å²) in [7, 11) is 5.11. The van der Waals surface area contributed by atoms with Crippen LogP contribution in [0.1, 0.15) is 13.8 Å².